The molecule has 4 heteroatoms. The van der Waals surface area contributed by atoms with Gasteiger partial charge in [-0.15, -0.1) is 0 Å². The van der Waals surface area contributed by atoms with Crippen LogP contribution in [0.3, 0.4) is 0 Å². The lowest BCUT2D eigenvalue weighted by Crippen LogP contribution is -2.38. The highest BCUT2D eigenvalue weighted by molar-refractivity contribution is 4.87. The third-order valence-electron chi connectivity index (χ3n) is 1.36. The van der Waals surface area contributed by atoms with Gasteiger partial charge in [0.15, 0.2) is 0 Å². The summed E-state index contributed by atoms with van der Waals surface area (Å²) in [4.78, 5) is 2.66. The van der Waals surface area contributed by atoms with Gasteiger partial charge in [0, 0.05) is 17.0 Å². The van der Waals surface area contributed by atoms with Gasteiger partial charge in [0.2, 0.25) is 0 Å². The molecule has 0 aromatic heterocycles. The number of nitrogens with two attached hydrogens (primary N) is 1. The van der Waals surface area contributed by atoms with Crippen molar-refractivity contribution in [2.24, 2.45) is 10.8 Å². The third-order valence-corrected chi connectivity index (χ3v) is 1.36. The summed E-state index contributed by atoms with van der Waals surface area (Å²) in [5.74, 6) is 0. The Morgan fingerprint density at radius 2 is 2.25 bits per heavy atom. The molecule has 0 aliphatic heterocycles. The summed E-state index contributed by atoms with van der Waals surface area (Å²) in [5.41, 5.74) is 13.3. The normalized spacial score (nSPS) is 35.1. The van der Waals surface area contributed by atoms with Gasteiger partial charge in [0.05, 0.1) is 0 Å². The molecule has 1 rings (SSSR count). The van der Waals surface area contributed by atoms with Crippen LogP contribution in [0, 0.1) is 0 Å². The second-order valence-corrected chi connectivity index (χ2v) is 2.09. The third kappa shape index (κ3) is 0.911. The summed E-state index contributed by atoms with van der Waals surface area (Å²) in [6, 6.07) is 0.473. The Kier molecular flexibility index (Phi) is 1.37. The van der Waals surface area contributed by atoms with Crippen molar-refractivity contribution in [3.63, 3.8) is 0 Å². The predicted octanol–water partition coefficient (Wildman–Crippen LogP) is 0.786. The monoisotopic (exact) mass is 112 g/mol. The van der Waals surface area contributed by atoms with Crippen molar-refractivity contribution >= 4 is 0 Å². The lowest BCUT2D eigenvalue weighted by Gasteiger charge is -2.27. The van der Waals surface area contributed by atoms with Crippen LogP contribution in [-0.2, 0) is 0 Å². The molecule has 1 saturated carbocycles. The molecule has 8 heavy (non-hydrogen) atoms. The molecule has 44 valence electrons. The van der Waals surface area contributed by atoms with Crippen molar-refractivity contribution in [2.75, 3.05) is 0 Å². The average molecular weight is 112 g/mol. The van der Waals surface area contributed by atoms with Crippen LogP contribution in [0.15, 0.2) is 5.11 Å². The molecule has 0 radical (unpaired) electrons. The van der Waals surface area contributed by atoms with Crippen molar-refractivity contribution in [2.45, 2.75) is 24.9 Å². The quantitative estimate of drug-likeness (QED) is 0.304. The summed E-state index contributed by atoms with van der Waals surface area (Å²) in [6.45, 7) is 0. The van der Waals surface area contributed by atoms with E-state index in [2.05, 4.69) is 10.0 Å². The van der Waals surface area contributed by atoms with Crippen LogP contribution >= 0.6 is 0 Å². The molecule has 0 spiro atoms. The molecular formula is C4H8N4. The predicted molar refractivity (Wildman–Crippen MR) is 30.1 cm³/mol. The second kappa shape index (κ2) is 2.03. The van der Waals surface area contributed by atoms with Crippen molar-refractivity contribution < 1.29 is 0 Å². The van der Waals surface area contributed by atoms with E-state index in [1.165, 1.54) is 0 Å². The summed E-state index contributed by atoms with van der Waals surface area (Å²) in [5, 5.41) is 3.48. The SMILES string of the molecule is [N-]=[N+]=N[C@H]1C[C@H](N)C1. The molecule has 1 aliphatic rings. The van der Waals surface area contributed by atoms with Crippen LogP contribution in [-0.4, -0.2) is 12.1 Å². The fourth-order valence-corrected chi connectivity index (χ4v) is 0.797. The van der Waals surface area contributed by atoms with E-state index in [-0.39, 0.29) is 12.1 Å². The molecule has 0 saturated heterocycles. The molecule has 0 atom stereocenters. The van der Waals surface area contributed by atoms with Gasteiger partial charge in [-0.3, -0.25) is 0 Å². The smallest absolute Gasteiger partial charge is 0.0403 e. The maximum Gasteiger partial charge on any atom is 0.0403 e. The lowest BCUT2D eigenvalue weighted by molar-refractivity contribution is 0.351. The minimum absolute atomic E-state index is 0.190. The molecule has 0 heterocycles. The van der Waals surface area contributed by atoms with E-state index >= 15 is 0 Å². The van der Waals surface area contributed by atoms with E-state index in [0.717, 1.165) is 12.8 Å². The Morgan fingerprint density at radius 1 is 1.62 bits per heavy atom. The van der Waals surface area contributed by atoms with E-state index in [1.807, 2.05) is 0 Å². The fourth-order valence-electron chi connectivity index (χ4n) is 0.797. The van der Waals surface area contributed by atoms with Crippen LogP contribution in [0.2, 0.25) is 0 Å². The molecule has 2 N–H and O–H groups in total. The van der Waals surface area contributed by atoms with Gasteiger partial charge < -0.3 is 5.73 Å². The molecule has 1 fully saturated rings. The van der Waals surface area contributed by atoms with E-state index in [9.17, 15) is 0 Å². The standard InChI is InChI=1S/C4H8N4/c5-3-1-4(2-3)7-8-6/h3-4H,1-2,5H2/t3-,4-. The number of hydrogen-bond acceptors (Lipinski definition) is 2. The van der Waals surface area contributed by atoms with Crippen molar-refractivity contribution in [1.82, 2.24) is 0 Å². The first-order valence-corrected chi connectivity index (χ1v) is 2.62. The first-order chi connectivity index (χ1) is 3.83. The summed E-state index contributed by atoms with van der Waals surface area (Å²) in [7, 11) is 0. The Labute approximate surface area is 47.3 Å². The minimum Gasteiger partial charge on any atom is -0.328 e. The van der Waals surface area contributed by atoms with Gasteiger partial charge >= 0.3 is 0 Å². The topological polar surface area (TPSA) is 74.8 Å². The number of hydrogen-bond donors (Lipinski definition) is 1. The molecule has 0 aromatic carbocycles. The van der Waals surface area contributed by atoms with Crippen LogP contribution < -0.4 is 5.73 Å². The highest BCUT2D eigenvalue weighted by Crippen LogP contribution is 2.20. The largest absolute Gasteiger partial charge is 0.328 e. The highest BCUT2D eigenvalue weighted by Gasteiger charge is 2.23. The molecule has 4 nitrogen and oxygen atoms in total. The Morgan fingerprint density at radius 3 is 2.62 bits per heavy atom. The molecular weight excluding hydrogens is 104 g/mol. The molecule has 0 unspecified atom stereocenters. The fraction of sp³-hybridized carbons (Fsp3) is 1.00. The lowest BCUT2D eigenvalue weighted by atomic mass is 9.89. The zero-order chi connectivity index (χ0) is 5.98. The van der Waals surface area contributed by atoms with E-state index < -0.39 is 0 Å². The number of rotatable bonds is 1. The molecule has 0 bridgehead atoms. The highest BCUT2D eigenvalue weighted by atomic mass is 15.2. The molecule has 1 aliphatic carbocycles. The van der Waals surface area contributed by atoms with Crippen molar-refractivity contribution in [3.05, 3.63) is 10.4 Å². The van der Waals surface area contributed by atoms with Crippen LogP contribution in [0.4, 0.5) is 0 Å². The second-order valence-electron chi connectivity index (χ2n) is 2.09. The minimum atomic E-state index is 0.190. The zero-order valence-electron chi connectivity index (χ0n) is 4.49. The van der Waals surface area contributed by atoms with Crippen molar-refractivity contribution in [1.29, 1.82) is 0 Å². The summed E-state index contributed by atoms with van der Waals surface area (Å²) in [6.07, 6.45) is 1.73. The number of azide groups is 1. The van der Waals surface area contributed by atoms with Gasteiger partial charge in [-0.25, -0.2) is 0 Å². The summed E-state index contributed by atoms with van der Waals surface area (Å²) < 4.78 is 0. The van der Waals surface area contributed by atoms with Gasteiger partial charge in [0.1, 0.15) is 0 Å². The van der Waals surface area contributed by atoms with Gasteiger partial charge in [-0.05, 0) is 18.4 Å². The van der Waals surface area contributed by atoms with Crippen molar-refractivity contribution in [3.8, 4) is 0 Å². The first-order valence-electron chi connectivity index (χ1n) is 2.62. The van der Waals surface area contributed by atoms with E-state index in [0.29, 0.717) is 0 Å². The Bertz CT molecular complexity index is 120. The van der Waals surface area contributed by atoms with E-state index in [1.54, 1.807) is 0 Å². The van der Waals surface area contributed by atoms with Gasteiger partial charge in [0.25, 0.3) is 0 Å². The summed E-state index contributed by atoms with van der Waals surface area (Å²) >= 11 is 0. The Hall–Kier alpha value is -0.730. The van der Waals surface area contributed by atoms with Crippen LogP contribution in [0.5, 0.6) is 0 Å². The Balaban J connectivity index is 2.25. The average Bonchev–Trinajstić information content (AvgIpc) is 1.64. The maximum absolute atomic E-state index is 7.91. The first kappa shape index (κ1) is 5.41. The zero-order valence-corrected chi connectivity index (χ0v) is 4.49. The molecule has 0 aromatic rings. The van der Waals surface area contributed by atoms with Gasteiger partial charge in [-0.2, -0.15) is 0 Å². The molecule has 0 amide bonds. The van der Waals surface area contributed by atoms with Crippen LogP contribution in [0.1, 0.15) is 12.8 Å². The maximum atomic E-state index is 7.91. The van der Waals surface area contributed by atoms with Gasteiger partial charge in [-0.1, -0.05) is 5.11 Å². The number of nitrogens with zero attached hydrogens (tertiary/aromatic N) is 3. The van der Waals surface area contributed by atoms with Crippen LogP contribution in [0.25, 0.3) is 10.4 Å². The van der Waals surface area contributed by atoms with E-state index in [4.69, 9.17) is 11.3 Å².